The lowest BCUT2D eigenvalue weighted by atomic mass is 10.2. The molecule has 0 unspecified atom stereocenters. The van der Waals surface area contributed by atoms with Crippen LogP contribution in [-0.2, 0) is 16.0 Å². The third-order valence-corrected chi connectivity index (χ3v) is 3.72. The summed E-state index contributed by atoms with van der Waals surface area (Å²) in [5.74, 6) is 0. The van der Waals surface area contributed by atoms with Gasteiger partial charge in [-0.1, -0.05) is 6.07 Å². The molecule has 1 aromatic carbocycles. The zero-order valence-corrected chi connectivity index (χ0v) is 14.0. The van der Waals surface area contributed by atoms with Gasteiger partial charge < -0.3 is 9.47 Å². The third-order valence-electron chi connectivity index (χ3n) is 3.05. The summed E-state index contributed by atoms with van der Waals surface area (Å²) in [4.78, 5) is 12.8. The zero-order chi connectivity index (χ0) is 15.7. The molecule has 118 valence electrons. The number of halogens is 1. The monoisotopic (exact) mass is 360 g/mol. The van der Waals surface area contributed by atoms with Crippen molar-refractivity contribution in [3.63, 3.8) is 0 Å². The van der Waals surface area contributed by atoms with Crippen molar-refractivity contribution >= 4 is 21.6 Å². The van der Waals surface area contributed by atoms with Gasteiger partial charge in [0.2, 0.25) is 0 Å². The van der Waals surface area contributed by atoms with Crippen LogP contribution in [0.4, 0.5) is 5.69 Å². The van der Waals surface area contributed by atoms with Crippen LogP contribution in [0.25, 0.3) is 0 Å². The minimum absolute atomic E-state index is 0.0936. The average molecular weight is 361 g/mol. The Morgan fingerprint density at radius 1 is 1.24 bits per heavy atom. The highest BCUT2D eigenvalue weighted by atomic mass is 79.9. The van der Waals surface area contributed by atoms with E-state index in [1.165, 1.54) is 0 Å². The van der Waals surface area contributed by atoms with E-state index in [1.54, 1.807) is 26.4 Å². The second-order valence-electron chi connectivity index (χ2n) is 4.66. The first-order valence-corrected chi connectivity index (χ1v) is 7.50. The second-order valence-corrected chi connectivity index (χ2v) is 5.51. The fraction of sp³-hybridized carbons (Fsp3) is 0.571. The summed E-state index contributed by atoms with van der Waals surface area (Å²) in [6.45, 7) is 3.63. The Hall–Kier alpha value is -1.02. The van der Waals surface area contributed by atoms with Crippen LogP contribution in [0.5, 0.6) is 0 Å². The summed E-state index contributed by atoms with van der Waals surface area (Å²) in [7, 11) is 3.34. The van der Waals surface area contributed by atoms with Crippen LogP contribution < -0.4 is 0 Å². The van der Waals surface area contributed by atoms with Crippen molar-refractivity contribution in [1.29, 1.82) is 0 Å². The molecule has 0 bridgehead atoms. The van der Waals surface area contributed by atoms with Crippen LogP contribution in [0.15, 0.2) is 22.7 Å². The number of benzene rings is 1. The third kappa shape index (κ3) is 6.52. The number of ether oxygens (including phenoxy) is 2. The van der Waals surface area contributed by atoms with E-state index in [0.717, 1.165) is 25.1 Å². The van der Waals surface area contributed by atoms with Gasteiger partial charge in [0.15, 0.2) is 0 Å². The van der Waals surface area contributed by atoms with Crippen molar-refractivity contribution in [2.24, 2.45) is 0 Å². The van der Waals surface area contributed by atoms with E-state index in [-0.39, 0.29) is 10.6 Å². The van der Waals surface area contributed by atoms with E-state index < -0.39 is 0 Å². The van der Waals surface area contributed by atoms with Crippen LogP contribution in [-0.4, -0.2) is 50.3 Å². The fourth-order valence-corrected chi connectivity index (χ4v) is 2.37. The predicted octanol–water partition coefficient (Wildman–Crippen LogP) is 2.84. The average Bonchev–Trinajstić information content (AvgIpc) is 2.46. The largest absolute Gasteiger partial charge is 0.385 e. The molecule has 0 amide bonds. The number of nitrogens with zero attached hydrogens (tertiary/aromatic N) is 2. The van der Waals surface area contributed by atoms with Gasteiger partial charge in [-0.15, -0.1) is 0 Å². The molecule has 1 rings (SSSR count). The van der Waals surface area contributed by atoms with E-state index in [4.69, 9.17) is 9.47 Å². The normalized spacial score (nSPS) is 11.0. The summed E-state index contributed by atoms with van der Waals surface area (Å²) < 4.78 is 10.7. The molecule has 0 aromatic heterocycles. The van der Waals surface area contributed by atoms with Crippen LogP contribution >= 0.6 is 15.9 Å². The standard InChI is InChI=1S/C14H21BrN2O4/c1-20-8-3-6-16(7-9-21-2)11-12-4-5-13(15)14(10-12)17(18)19/h4-5,10H,3,6-9,11H2,1-2H3. The molecule has 0 spiro atoms. The molecule has 0 fully saturated rings. The Morgan fingerprint density at radius 2 is 1.95 bits per heavy atom. The molecule has 0 atom stereocenters. The molecule has 0 N–H and O–H groups in total. The highest BCUT2D eigenvalue weighted by molar-refractivity contribution is 9.10. The van der Waals surface area contributed by atoms with Crippen molar-refractivity contribution in [2.45, 2.75) is 13.0 Å². The maximum absolute atomic E-state index is 11.0. The van der Waals surface area contributed by atoms with Crippen molar-refractivity contribution in [3.05, 3.63) is 38.3 Å². The number of nitro benzene ring substituents is 1. The Morgan fingerprint density at radius 3 is 2.57 bits per heavy atom. The molecule has 0 heterocycles. The van der Waals surface area contributed by atoms with Crippen molar-refractivity contribution in [2.75, 3.05) is 40.5 Å². The predicted molar refractivity (Wildman–Crippen MR) is 84.4 cm³/mol. The summed E-state index contributed by atoms with van der Waals surface area (Å²) in [5, 5.41) is 11.0. The summed E-state index contributed by atoms with van der Waals surface area (Å²) >= 11 is 3.20. The maximum atomic E-state index is 11.0. The van der Waals surface area contributed by atoms with Crippen molar-refractivity contribution in [3.8, 4) is 0 Å². The van der Waals surface area contributed by atoms with Crippen molar-refractivity contribution < 1.29 is 14.4 Å². The SMILES string of the molecule is COCCCN(CCOC)Cc1ccc(Br)c([N+](=O)[O-])c1. The molecular weight excluding hydrogens is 340 g/mol. The van der Waals surface area contributed by atoms with E-state index in [1.807, 2.05) is 6.07 Å². The number of hydrogen-bond acceptors (Lipinski definition) is 5. The number of methoxy groups -OCH3 is 2. The van der Waals surface area contributed by atoms with Crippen LogP contribution in [0, 0.1) is 10.1 Å². The van der Waals surface area contributed by atoms with Gasteiger partial charge in [-0.2, -0.15) is 0 Å². The topological polar surface area (TPSA) is 64.8 Å². The van der Waals surface area contributed by atoms with Gasteiger partial charge in [-0.25, -0.2) is 0 Å². The summed E-state index contributed by atoms with van der Waals surface area (Å²) in [6, 6.07) is 5.23. The molecule has 0 aliphatic heterocycles. The highest BCUT2D eigenvalue weighted by Crippen LogP contribution is 2.26. The van der Waals surface area contributed by atoms with E-state index in [2.05, 4.69) is 20.8 Å². The number of nitro groups is 1. The molecule has 1 aromatic rings. The van der Waals surface area contributed by atoms with E-state index >= 15 is 0 Å². The first-order chi connectivity index (χ1) is 10.1. The molecule has 21 heavy (non-hydrogen) atoms. The van der Waals surface area contributed by atoms with Crippen LogP contribution in [0.2, 0.25) is 0 Å². The Kier molecular flexibility index (Phi) is 8.44. The van der Waals surface area contributed by atoms with E-state index in [0.29, 0.717) is 24.2 Å². The first kappa shape index (κ1) is 18.0. The zero-order valence-electron chi connectivity index (χ0n) is 12.4. The summed E-state index contributed by atoms with van der Waals surface area (Å²) in [6.07, 6.45) is 0.916. The van der Waals surface area contributed by atoms with Gasteiger partial charge in [0.05, 0.1) is 16.0 Å². The molecule has 6 nitrogen and oxygen atoms in total. The highest BCUT2D eigenvalue weighted by Gasteiger charge is 2.14. The molecule has 0 saturated carbocycles. The van der Waals surface area contributed by atoms with Gasteiger partial charge in [-0.3, -0.25) is 15.0 Å². The molecule has 0 aliphatic rings. The first-order valence-electron chi connectivity index (χ1n) is 6.71. The Balaban J connectivity index is 2.72. The van der Waals surface area contributed by atoms with Gasteiger partial charge in [-0.05, 0) is 34.0 Å². The maximum Gasteiger partial charge on any atom is 0.283 e. The summed E-state index contributed by atoms with van der Waals surface area (Å²) in [5.41, 5.74) is 1.01. The van der Waals surface area contributed by atoms with Crippen molar-refractivity contribution in [1.82, 2.24) is 4.90 Å². The Bertz CT molecular complexity index is 457. The lowest BCUT2D eigenvalue weighted by Gasteiger charge is -2.22. The van der Waals surface area contributed by atoms with Crippen LogP contribution in [0.1, 0.15) is 12.0 Å². The van der Waals surface area contributed by atoms with Gasteiger partial charge in [0, 0.05) is 46.5 Å². The number of rotatable bonds is 10. The van der Waals surface area contributed by atoms with Gasteiger partial charge in [0.1, 0.15) is 0 Å². The molecule has 0 aliphatic carbocycles. The molecule has 7 heteroatoms. The van der Waals surface area contributed by atoms with Gasteiger partial charge >= 0.3 is 0 Å². The minimum Gasteiger partial charge on any atom is -0.385 e. The lowest BCUT2D eigenvalue weighted by molar-refractivity contribution is -0.385. The minimum atomic E-state index is -0.377. The second kappa shape index (κ2) is 9.83. The molecular formula is C14H21BrN2O4. The van der Waals surface area contributed by atoms with Gasteiger partial charge in [0.25, 0.3) is 5.69 Å². The lowest BCUT2D eigenvalue weighted by Crippen LogP contribution is -2.28. The quantitative estimate of drug-likeness (QED) is 0.364. The van der Waals surface area contributed by atoms with E-state index in [9.17, 15) is 10.1 Å². The smallest absolute Gasteiger partial charge is 0.283 e. The molecule has 0 radical (unpaired) electrons. The Labute approximate surface area is 133 Å². The van der Waals surface area contributed by atoms with Crippen LogP contribution in [0.3, 0.4) is 0 Å². The number of hydrogen-bond donors (Lipinski definition) is 0. The molecule has 0 saturated heterocycles. The fourth-order valence-electron chi connectivity index (χ4n) is 1.98.